The number of aryl methyl sites for hydroxylation is 1. The van der Waals surface area contributed by atoms with E-state index < -0.39 is 44.6 Å². The summed E-state index contributed by atoms with van der Waals surface area (Å²) in [4.78, 5) is 29.7. The van der Waals surface area contributed by atoms with Crippen LogP contribution in [-0.4, -0.2) is 51.7 Å². The second-order valence-electron chi connectivity index (χ2n) is 7.77. The third-order valence-electron chi connectivity index (χ3n) is 4.78. The highest BCUT2D eigenvalue weighted by atomic mass is 31.2. The summed E-state index contributed by atoms with van der Waals surface area (Å²) < 4.78 is 30.1. The molecule has 2 rings (SSSR count). The zero-order valence-corrected chi connectivity index (χ0v) is 19.4. The van der Waals surface area contributed by atoms with Gasteiger partial charge in [-0.25, -0.2) is 16.0 Å². The first-order valence-electron chi connectivity index (χ1n) is 10.8. The molecule has 1 aromatic rings. The molecule has 2 heterocycles. The van der Waals surface area contributed by atoms with Crippen LogP contribution in [0.25, 0.3) is 4.85 Å². The summed E-state index contributed by atoms with van der Waals surface area (Å²) >= 11 is 0. The van der Waals surface area contributed by atoms with Gasteiger partial charge in [0.2, 0.25) is 6.54 Å². The normalized spacial score (nSPS) is 24.3. The molecule has 1 saturated heterocycles. The molecular formula is C20H33N4O5P. The van der Waals surface area contributed by atoms with Crippen molar-refractivity contribution in [3.63, 3.8) is 0 Å². The zero-order chi connectivity index (χ0) is 23.3. The zero-order valence-electron chi connectivity index (χ0n) is 19.5. The van der Waals surface area contributed by atoms with E-state index in [0.717, 1.165) is 0 Å². The average molecular weight is 441 g/mol. The summed E-state index contributed by atoms with van der Waals surface area (Å²) in [7, 11) is -1.50. The van der Waals surface area contributed by atoms with Crippen LogP contribution in [0.2, 0.25) is 0 Å². The molecule has 1 fully saturated rings. The fourth-order valence-corrected chi connectivity index (χ4v) is 5.17. The van der Waals surface area contributed by atoms with Crippen molar-refractivity contribution in [3.05, 3.63) is 44.0 Å². The van der Waals surface area contributed by atoms with E-state index in [9.17, 15) is 9.59 Å². The van der Waals surface area contributed by atoms with Gasteiger partial charge in [0.05, 0.1) is 12.2 Å². The van der Waals surface area contributed by atoms with Crippen molar-refractivity contribution < 1.29 is 15.2 Å². The van der Waals surface area contributed by atoms with Gasteiger partial charge in [-0.05, 0) is 41.0 Å². The third-order valence-corrected chi connectivity index (χ3v) is 6.93. The Labute approximate surface area is 180 Å². The van der Waals surface area contributed by atoms with Crippen molar-refractivity contribution in [1.29, 1.82) is 0 Å². The van der Waals surface area contributed by atoms with Crippen LogP contribution in [0.15, 0.2) is 15.8 Å². The van der Waals surface area contributed by atoms with Crippen molar-refractivity contribution in [2.75, 3.05) is 13.2 Å². The Hall–Kier alpha value is -1.56. The third kappa shape index (κ3) is 5.99. The van der Waals surface area contributed by atoms with Gasteiger partial charge in [0.25, 0.3) is 14.1 Å². The first kappa shape index (κ1) is 23.1. The minimum absolute atomic E-state index is 0.147. The molecule has 1 aromatic heterocycles. The highest BCUT2D eigenvalue weighted by Gasteiger charge is 2.40. The number of H-pyrrole nitrogens is 1. The molecule has 0 saturated carbocycles. The van der Waals surface area contributed by atoms with Gasteiger partial charge >= 0.3 is 5.69 Å². The highest BCUT2D eigenvalue weighted by Crippen LogP contribution is 2.50. The van der Waals surface area contributed by atoms with Crippen molar-refractivity contribution in [1.82, 2.24) is 14.2 Å². The molecule has 1 aliphatic heterocycles. The lowest BCUT2D eigenvalue weighted by Crippen LogP contribution is -2.36. The summed E-state index contributed by atoms with van der Waals surface area (Å²) in [6.07, 6.45) is -0.480. The molecule has 1 unspecified atom stereocenters. The summed E-state index contributed by atoms with van der Waals surface area (Å²) in [6.45, 7) is 19.0. The quantitative estimate of drug-likeness (QED) is 0.341. The molecule has 1 aliphatic rings. The average Bonchev–Trinajstić information content (AvgIpc) is 3.08. The van der Waals surface area contributed by atoms with Crippen LogP contribution in [0.1, 0.15) is 60.6 Å². The van der Waals surface area contributed by atoms with E-state index in [1.165, 1.54) is 10.8 Å². The van der Waals surface area contributed by atoms with Crippen molar-refractivity contribution in [3.8, 4) is 0 Å². The fourth-order valence-electron chi connectivity index (χ4n) is 3.44. The van der Waals surface area contributed by atoms with E-state index in [1.807, 2.05) is 0 Å². The van der Waals surface area contributed by atoms with Gasteiger partial charge < -0.3 is 18.6 Å². The molecule has 0 aliphatic carbocycles. The molecular weight excluding hydrogens is 407 g/mol. The van der Waals surface area contributed by atoms with Gasteiger partial charge in [-0.15, -0.1) is 0 Å². The number of nitrogens with zero attached hydrogens (tertiary/aromatic N) is 3. The molecule has 5 atom stereocenters. The van der Waals surface area contributed by atoms with E-state index in [1.54, 1.807) is 13.8 Å². The first-order chi connectivity index (χ1) is 14.6. The van der Waals surface area contributed by atoms with Crippen LogP contribution in [0.5, 0.6) is 0 Å². The lowest BCUT2D eigenvalue weighted by molar-refractivity contribution is -0.0201. The number of aromatic amines is 1. The smallest absolute Gasteiger partial charge is 0.330 e. The van der Waals surface area contributed by atoms with Gasteiger partial charge in [-0.2, -0.15) is 0 Å². The number of rotatable bonds is 10. The number of hydrogen-bond donors (Lipinski definition) is 1. The van der Waals surface area contributed by atoms with Crippen molar-refractivity contribution in [2.45, 2.75) is 84.9 Å². The van der Waals surface area contributed by atoms with Crippen LogP contribution in [-0.2, 0) is 13.8 Å². The molecule has 10 heteroatoms. The van der Waals surface area contributed by atoms with Gasteiger partial charge in [-0.3, -0.25) is 14.3 Å². The lowest BCUT2D eigenvalue weighted by atomic mass is 10.1. The van der Waals surface area contributed by atoms with E-state index in [2.05, 4.69) is 42.2 Å². The SMILES string of the molecule is [2H][C@H](C)[C@H]1O[C@@H](n2cc(C)c(=O)[nH]c2=O)C[C@@H]1OP(OCC[N+]#[C-])N(C(C)C)C(C)C. The molecule has 0 radical (unpaired) electrons. The minimum atomic E-state index is -1.50. The van der Waals surface area contributed by atoms with Gasteiger partial charge in [0.1, 0.15) is 12.8 Å². The largest absolute Gasteiger partial charge is 0.352 e. The minimum Gasteiger partial charge on any atom is -0.352 e. The Morgan fingerprint density at radius 3 is 2.67 bits per heavy atom. The summed E-state index contributed by atoms with van der Waals surface area (Å²) in [5.74, 6) is 0. The van der Waals surface area contributed by atoms with Crippen molar-refractivity contribution in [2.24, 2.45) is 0 Å². The van der Waals surface area contributed by atoms with E-state index in [4.69, 9.17) is 21.7 Å². The Morgan fingerprint density at radius 1 is 1.43 bits per heavy atom. The highest BCUT2D eigenvalue weighted by molar-refractivity contribution is 7.44. The molecule has 0 aromatic carbocycles. The molecule has 0 bridgehead atoms. The summed E-state index contributed by atoms with van der Waals surface area (Å²) in [5, 5.41) is 0. The van der Waals surface area contributed by atoms with Crippen LogP contribution >= 0.6 is 8.53 Å². The van der Waals surface area contributed by atoms with Crippen LogP contribution in [0, 0.1) is 13.5 Å². The van der Waals surface area contributed by atoms with Crippen molar-refractivity contribution >= 4 is 8.53 Å². The van der Waals surface area contributed by atoms with Crippen LogP contribution in [0.4, 0.5) is 0 Å². The van der Waals surface area contributed by atoms with Crippen LogP contribution < -0.4 is 11.2 Å². The number of aromatic nitrogens is 2. The molecule has 1 N–H and O–H groups in total. The summed E-state index contributed by atoms with van der Waals surface area (Å²) in [5.41, 5.74) is -0.587. The molecule has 168 valence electrons. The second kappa shape index (κ2) is 11.2. The molecule has 9 nitrogen and oxygen atoms in total. The summed E-state index contributed by atoms with van der Waals surface area (Å²) in [6, 6.07) is 0.294. The first-order valence-corrected chi connectivity index (χ1v) is 11.3. The van der Waals surface area contributed by atoms with Gasteiger partial charge in [-0.1, -0.05) is 6.92 Å². The molecule has 0 spiro atoms. The maximum atomic E-state index is 12.3. The Balaban J connectivity index is 2.30. The Morgan fingerprint density at radius 2 is 2.10 bits per heavy atom. The van der Waals surface area contributed by atoms with Gasteiger partial charge in [0.15, 0.2) is 0 Å². The van der Waals surface area contributed by atoms with Gasteiger partial charge in [0, 0.05) is 31.6 Å². The Kier molecular flexibility index (Phi) is 8.61. The van der Waals surface area contributed by atoms with Crippen LogP contribution in [0.3, 0.4) is 0 Å². The van der Waals surface area contributed by atoms with E-state index in [0.29, 0.717) is 12.0 Å². The molecule has 0 amide bonds. The monoisotopic (exact) mass is 441 g/mol. The lowest BCUT2D eigenvalue weighted by Gasteiger charge is -2.37. The molecule has 30 heavy (non-hydrogen) atoms. The number of ether oxygens (including phenoxy) is 1. The topological polar surface area (TPSA) is 90.2 Å². The van der Waals surface area contributed by atoms with E-state index in [-0.39, 0.29) is 25.2 Å². The maximum absolute atomic E-state index is 12.3. The maximum Gasteiger partial charge on any atom is 0.330 e. The number of hydrogen-bond acceptors (Lipinski definition) is 6. The van der Waals surface area contributed by atoms with E-state index >= 15 is 0 Å². The fraction of sp³-hybridized carbons (Fsp3) is 0.750. The Bertz CT molecular complexity index is 874. The standard InChI is InChI=1S/C20H33N4O5P/c1-8-16-17(11-18(28-16)23-12-15(6)19(25)22-20(23)26)29-30(27-10-9-21-7)24(13(2)3)14(4)5/h12-14,16-18H,8-11H2,1-6H3,(H,22,25,26)/t16-,17+,18-,30?/m1/s1/i8D/t8-,16-,17+,18-,30?. The predicted molar refractivity (Wildman–Crippen MR) is 116 cm³/mol. The number of nitrogens with one attached hydrogen (secondary N) is 1. The second-order valence-corrected chi connectivity index (χ2v) is 9.17. The predicted octanol–water partition coefficient (Wildman–Crippen LogP) is 3.21.